The third kappa shape index (κ3) is 1.75. The summed E-state index contributed by atoms with van der Waals surface area (Å²) in [6.45, 7) is 0.471. The highest BCUT2D eigenvalue weighted by molar-refractivity contribution is 7.15. The molecule has 0 bridgehead atoms. The number of aromatic nitrogens is 1. The molecule has 0 radical (unpaired) electrons. The average molecular weight is 234 g/mol. The van der Waals surface area contributed by atoms with Crippen LogP contribution in [-0.2, 0) is 9.53 Å². The highest BCUT2D eigenvalue weighted by Gasteiger charge is 2.36. The highest BCUT2D eigenvalue weighted by atomic mass is 35.5. The smallest absolute Gasteiger partial charge is 0.309 e. The van der Waals surface area contributed by atoms with Crippen LogP contribution >= 0.6 is 22.9 Å². The van der Waals surface area contributed by atoms with Crippen LogP contribution in [0.5, 0.6) is 0 Å². The van der Waals surface area contributed by atoms with Crippen LogP contribution in [0.2, 0.25) is 4.34 Å². The van der Waals surface area contributed by atoms with Gasteiger partial charge >= 0.3 is 5.97 Å². The zero-order valence-electron chi connectivity index (χ0n) is 7.14. The first kappa shape index (κ1) is 9.89. The van der Waals surface area contributed by atoms with E-state index in [0.29, 0.717) is 22.4 Å². The molecule has 0 spiro atoms. The SMILES string of the molecule is O=C(O)C1CCOC1c1ncc(Cl)s1. The van der Waals surface area contributed by atoms with E-state index >= 15 is 0 Å². The van der Waals surface area contributed by atoms with Crippen LogP contribution in [0.25, 0.3) is 0 Å². The molecule has 2 rings (SSSR count). The Labute approximate surface area is 89.5 Å². The standard InChI is InChI=1S/C8H8ClNO3S/c9-5-3-10-7(14-5)6-4(8(11)12)1-2-13-6/h3-4,6H,1-2H2,(H,11,12). The lowest BCUT2D eigenvalue weighted by Crippen LogP contribution is -2.17. The van der Waals surface area contributed by atoms with Gasteiger partial charge in [0.2, 0.25) is 0 Å². The quantitative estimate of drug-likeness (QED) is 0.848. The molecule has 1 aromatic rings. The topological polar surface area (TPSA) is 59.4 Å². The zero-order chi connectivity index (χ0) is 10.1. The number of rotatable bonds is 2. The predicted molar refractivity (Wildman–Crippen MR) is 51.6 cm³/mol. The van der Waals surface area contributed by atoms with Gasteiger partial charge in [0.25, 0.3) is 0 Å². The van der Waals surface area contributed by atoms with E-state index in [-0.39, 0.29) is 0 Å². The molecule has 1 aliphatic rings. The van der Waals surface area contributed by atoms with E-state index in [1.165, 1.54) is 17.5 Å². The lowest BCUT2D eigenvalue weighted by molar-refractivity contribution is -0.143. The molecule has 76 valence electrons. The molecule has 0 saturated carbocycles. The predicted octanol–water partition coefficient (Wildman–Crippen LogP) is 1.96. The van der Waals surface area contributed by atoms with Crippen molar-refractivity contribution in [2.45, 2.75) is 12.5 Å². The lowest BCUT2D eigenvalue weighted by atomic mass is 10.0. The molecule has 0 aromatic carbocycles. The van der Waals surface area contributed by atoms with Crippen molar-refractivity contribution >= 4 is 28.9 Å². The molecule has 2 heterocycles. The summed E-state index contributed by atoms with van der Waals surface area (Å²) in [6.07, 6.45) is 1.63. The Bertz CT molecular complexity index is 354. The van der Waals surface area contributed by atoms with Gasteiger partial charge in [0.15, 0.2) is 0 Å². The molecule has 14 heavy (non-hydrogen) atoms. The molecule has 1 aliphatic heterocycles. The molecule has 1 N–H and O–H groups in total. The third-order valence-electron chi connectivity index (χ3n) is 2.15. The van der Waals surface area contributed by atoms with Crippen molar-refractivity contribution in [1.82, 2.24) is 4.98 Å². The van der Waals surface area contributed by atoms with Crippen molar-refractivity contribution < 1.29 is 14.6 Å². The van der Waals surface area contributed by atoms with Crippen LogP contribution < -0.4 is 0 Å². The second kappa shape index (κ2) is 3.84. The number of carboxylic acid groups (broad SMARTS) is 1. The first-order valence-electron chi connectivity index (χ1n) is 4.14. The van der Waals surface area contributed by atoms with E-state index in [1.54, 1.807) is 0 Å². The number of aliphatic carboxylic acids is 1. The van der Waals surface area contributed by atoms with E-state index in [0.717, 1.165) is 0 Å². The normalized spacial score (nSPS) is 26.6. The number of hydrogen-bond acceptors (Lipinski definition) is 4. The van der Waals surface area contributed by atoms with Gasteiger partial charge in [-0.1, -0.05) is 11.6 Å². The number of hydrogen-bond donors (Lipinski definition) is 1. The van der Waals surface area contributed by atoms with Gasteiger partial charge in [0.1, 0.15) is 15.4 Å². The molecular formula is C8H8ClNO3S. The zero-order valence-corrected chi connectivity index (χ0v) is 8.72. The van der Waals surface area contributed by atoms with Crippen LogP contribution in [0.3, 0.4) is 0 Å². The Balaban J connectivity index is 2.21. The van der Waals surface area contributed by atoms with E-state index in [9.17, 15) is 4.79 Å². The van der Waals surface area contributed by atoms with Crippen LogP contribution in [-0.4, -0.2) is 22.7 Å². The highest BCUT2D eigenvalue weighted by Crippen LogP contribution is 2.37. The second-order valence-corrected chi connectivity index (χ2v) is 4.72. The number of carbonyl (C=O) groups is 1. The molecular weight excluding hydrogens is 226 g/mol. The van der Waals surface area contributed by atoms with E-state index in [2.05, 4.69) is 4.98 Å². The van der Waals surface area contributed by atoms with Crippen molar-refractivity contribution in [2.75, 3.05) is 6.61 Å². The minimum absolute atomic E-state index is 0.426. The van der Waals surface area contributed by atoms with E-state index < -0.39 is 18.0 Å². The van der Waals surface area contributed by atoms with Gasteiger partial charge in [-0.25, -0.2) is 4.98 Å². The molecule has 2 atom stereocenters. The Morgan fingerprint density at radius 2 is 2.57 bits per heavy atom. The minimum Gasteiger partial charge on any atom is -0.481 e. The molecule has 1 fully saturated rings. The van der Waals surface area contributed by atoms with Crippen LogP contribution in [0.15, 0.2) is 6.20 Å². The van der Waals surface area contributed by atoms with Gasteiger partial charge in [0.05, 0.1) is 12.1 Å². The fraction of sp³-hybridized carbons (Fsp3) is 0.500. The summed E-state index contributed by atoms with van der Waals surface area (Å²) in [5, 5.41) is 9.57. The summed E-state index contributed by atoms with van der Waals surface area (Å²) in [5.41, 5.74) is 0. The fourth-order valence-corrected chi connectivity index (χ4v) is 2.53. The Morgan fingerprint density at radius 1 is 1.79 bits per heavy atom. The largest absolute Gasteiger partial charge is 0.481 e. The molecule has 0 aliphatic carbocycles. The van der Waals surface area contributed by atoms with Crippen LogP contribution in [0.4, 0.5) is 0 Å². The van der Waals surface area contributed by atoms with Crippen molar-refractivity contribution in [2.24, 2.45) is 5.92 Å². The molecule has 1 saturated heterocycles. The second-order valence-electron chi connectivity index (χ2n) is 3.03. The summed E-state index contributed by atoms with van der Waals surface area (Å²) in [7, 11) is 0. The first-order chi connectivity index (χ1) is 6.68. The summed E-state index contributed by atoms with van der Waals surface area (Å²) < 4.78 is 5.89. The fourth-order valence-electron chi connectivity index (χ4n) is 1.48. The third-order valence-corrected chi connectivity index (χ3v) is 3.32. The van der Waals surface area contributed by atoms with Crippen molar-refractivity contribution in [1.29, 1.82) is 0 Å². The van der Waals surface area contributed by atoms with Crippen molar-refractivity contribution in [3.63, 3.8) is 0 Å². The first-order valence-corrected chi connectivity index (χ1v) is 5.33. The molecule has 1 aromatic heterocycles. The van der Waals surface area contributed by atoms with Crippen LogP contribution in [0, 0.1) is 5.92 Å². The molecule has 2 unspecified atom stereocenters. The van der Waals surface area contributed by atoms with Gasteiger partial charge < -0.3 is 9.84 Å². The Hall–Kier alpha value is -0.650. The van der Waals surface area contributed by atoms with Gasteiger partial charge in [-0.15, -0.1) is 11.3 Å². The van der Waals surface area contributed by atoms with Gasteiger partial charge in [-0.3, -0.25) is 4.79 Å². The van der Waals surface area contributed by atoms with Crippen molar-refractivity contribution in [3.05, 3.63) is 15.5 Å². The maximum Gasteiger partial charge on any atom is 0.309 e. The maximum atomic E-state index is 10.9. The molecule has 0 amide bonds. The number of ether oxygens (including phenoxy) is 1. The maximum absolute atomic E-state index is 10.9. The Kier molecular flexibility index (Phi) is 2.71. The number of halogens is 1. The summed E-state index contributed by atoms with van der Waals surface area (Å²) in [6, 6.07) is 0. The molecule has 6 heteroatoms. The summed E-state index contributed by atoms with van der Waals surface area (Å²) in [4.78, 5) is 14.9. The van der Waals surface area contributed by atoms with E-state index in [4.69, 9.17) is 21.4 Å². The minimum atomic E-state index is -0.834. The Morgan fingerprint density at radius 3 is 3.14 bits per heavy atom. The monoisotopic (exact) mass is 233 g/mol. The summed E-state index contributed by atoms with van der Waals surface area (Å²) >= 11 is 6.99. The van der Waals surface area contributed by atoms with E-state index in [1.807, 2.05) is 0 Å². The van der Waals surface area contributed by atoms with Gasteiger partial charge in [-0.2, -0.15) is 0 Å². The summed E-state index contributed by atoms with van der Waals surface area (Å²) in [5.74, 6) is -1.32. The number of carboxylic acids is 1. The van der Waals surface area contributed by atoms with Crippen molar-refractivity contribution in [3.8, 4) is 0 Å². The lowest BCUT2D eigenvalue weighted by Gasteiger charge is -2.10. The van der Waals surface area contributed by atoms with Gasteiger partial charge in [0, 0.05) is 6.61 Å². The van der Waals surface area contributed by atoms with Crippen LogP contribution in [0.1, 0.15) is 17.5 Å². The van der Waals surface area contributed by atoms with Gasteiger partial charge in [-0.05, 0) is 6.42 Å². The number of thiazole rings is 1. The number of nitrogens with zero attached hydrogens (tertiary/aromatic N) is 1. The molecule has 4 nitrogen and oxygen atoms in total. The average Bonchev–Trinajstić information content (AvgIpc) is 2.70.